The molecule has 2 aliphatic heterocycles. The van der Waals surface area contributed by atoms with Crippen LogP contribution in [0.5, 0.6) is 0 Å². The number of hydrogen-bond donors (Lipinski definition) is 2. The third-order valence-corrected chi connectivity index (χ3v) is 5.57. The minimum absolute atomic E-state index is 0.125. The van der Waals surface area contributed by atoms with E-state index >= 15 is 0 Å². The van der Waals surface area contributed by atoms with E-state index in [-0.39, 0.29) is 17.9 Å². The second-order valence-corrected chi connectivity index (χ2v) is 7.27. The standard InChI is InChI=1S/C19H29N3O/c1-14(18-10-20-11-18)19(23)21-15(2)17-8-9-22(13-17)12-16-6-4-3-5-7-16/h3-7,14-15,17-18,20H,8-13H2,1-2H3,(H,21,23). The summed E-state index contributed by atoms with van der Waals surface area (Å²) in [5, 5.41) is 6.51. The van der Waals surface area contributed by atoms with Gasteiger partial charge in [0.05, 0.1) is 0 Å². The lowest BCUT2D eigenvalue weighted by atomic mass is 9.88. The summed E-state index contributed by atoms with van der Waals surface area (Å²) in [7, 11) is 0. The molecule has 2 fully saturated rings. The number of carbonyl (C=O) groups excluding carboxylic acids is 1. The molecule has 2 aliphatic rings. The second-order valence-electron chi connectivity index (χ2n) is 7.27. The molecule has 1 aromatic rings. The molecular weight excluding hydrogens is 286 g/mol. The number of rotatable bonds is 6. The van der Waals surface area contributed by atoms with Crippen molar-refractivity contribution in [1.82, 2.24) is 15.5 Å². The van der Waals surface area contributed by atoms with E-state index in [9.17, 15) is 4.79 Å². The molecule has 2 saturated heterocycles. The molecule has 4 nitrogen and oxygen atoms in total. The van der Waals surface area contributed by atoms with Crippen LogP contribution in [0.4, 0.5) is 0 Å². The highest BCUT2D eigenvalue weighted by Gasteiger charge is 2.32. The maximum absolute atomic E-state index is 12.4. The lowest BCUT2D eigenvalue weighted by molar-refractivity contribution is -0.127. The molecule has 0 radical (unpaired) electrons. The number of benzene rings is 1. The van der Waals surface area contributed by atoms with Crippen LogP contribution in [0.2, 0.25) is 0 Å². The summed E-state index contributed by atoms with van der Waals surface area (Å²) in [4.78, 5) is 14.9. The predicted octanol–water partition coefficient (Wildman–Crippen LogP) is 1.87. The molecule has 0 bridgehead atoms. The highest BCUT2D eigenvalue weighted by molar-refractivity contribution is 5.79. The van der Waals surface area contributed by atoms with E-state index < -0.39 is 0 Å². The fourth-order valence-corrected chi connectivity index (χ4v) is 3.61. The van der Waals surface area contributed by atoms with E-state index in [1.54, 1.807) is 0 Å². The van der Waals surface area contributed by atoms with Crippen LogP contribution in [-0.4, -0.2) is 43.0 Å². The summed E-state index contributed by atoms with van der Waals surface area (Å²) in [5.74, 6) is 1.43. The smallest absolute Gasteiger partial charge is 0.223 e. The number of nitrogens with one attached hydrogen (secondary N) is 2. The molecule has 23 heavy (non-hydrogen) atoms. The average molecular weight is 315 g/mol. The van der Waals surface area contributed by atoms with Crippen LogP contribution >= 0.6 is 0 Å². The van der Waals surface area contributed by atoms with Crippen molar-refractivity contribution in [3.05, 3.63) is 35.9 Å². The number of carbonyl (C=O) groups is 1. The number of likely N-dealkylation sites (tertiary alicyclic amines) is 1. The summed E-state index contributed by atoms with van der Waals surface area (Å²) in [5.41, 5.74) is 1.37. The van der Waals surface area contributed by atoms with Gasteiger partial charge in [-0.1, -0.05) is 37.3 Å². The minimum atomic E-state index is 0.125. The van der Waals surface area contributed by atoms with Crippen molar-refractivity contribution in [2.24, 2.45) is 17.8 Å². The van der Waals surface area contributed by atoms with Gasteiger partial charge in [-0.3, -0.25) is 9.69 Å². The molecule has 3 atom stereocenters. The van der Waals surface area contributed by atoms with Crippen LogP contribution in [0, 0.1) is 17.8 Å². The van der Waals surface area contributed by atoms with Gasteiger partial charge in [0.15, 0.2) is 0 Å². The van der Waals surface area contributed by atoms with Crippen molar-refractivity contribution in [1.29, 1.82) is 0 Å². The van der Waals surface area contributed by atoms with Crippen LogP contribution in [0.1, 0.15) is 25.8 Å². The molecule has 0 spiro atoms. The first kappa shape index (κ1) is 16.5. The summed E-state index contributed by atoms with van der Waals surface area (Å²) in [6, 6.07) is 10.9. The van der Waals surface area contributed by atoms with Gasteiger partial charge in [0.1, 0.15) is 0 Å². The quantitative estimate of drug-likeness (QED) is 0.842. The highest BCUT2D eigenvalue weighted by Crippen LogP contribution is 2.23. The van der Waals surface area contributed by atoms with Crippen LogP contribution < -0.4 is 10.6 Å². The van der Waals surface area contributed by atoms with Crippen molar-refractivity contribution < 1.29 is 4.79 Å². The topological polar surface area (TPSA) is 44.4 Å². The van der Waals surface area contributed by atoms with Crippen LogP contribution in [-0.2, 0) is 11.3 Å². The zero-order valence-electron chi connectivity index (χ0n) is 14.3. The normalized spacial score (nSPS) is 24.9. The largest absolute Gasteiger partial charge is 0.353 e. The van der Waals surface area contributed by atoms with Crippen molar-refractivity contribution in [2.75, 3.05) is 26.2 Å². The fourth-order valence-electron chi connectivity index (χ4n) is 3.61. The van der Waals surface area contributed by atoms with E-state index in [0.717, 1.165) is 32.7 Å². The molecule has 3 rings (SSSR count). The summed E-state index contributed by atoms with van der Waals surface area (Å²) < 4.78 is 0. The number of amides is 1. The maximum atomic E-state index is 12.4. The van der Waals surface area contributed by atoms with Crippen molar-refractivity contribution in [3.63, 3.8) is 0 Å². The van der Waals surface area contributed by atoms with Gasteiger partial charge >= 0.3 is 0 Å². The van der Waals surface area contributed by atoms with Crippen molar-refractivity contribution >= 4 is 5.91 Å². The Labute approximate surface area is 139 Å². The van der Waals surface area contributed by atoms with Crippen molar-refractivity contribution in [3.8, 4) is 0 Å². The van der Waals surface area contributed by atoms with Gasteiger partial charge in [-0.15, -0.1) is 0 Å². The van der Waals surface area contributed by atoms with Crippen LogP contribution in [0.3, 0.4) is 0 Å². The van der Waals surface area contributed by atoms with E-state index in [1.807, 2.05) is 0 Å². The lowest BCUT2D eigenvalue weighted by Gasteiger charge is -2.33. The summed E-state index contributed by atoms with van der Waals surface area (Å²) >= 11 is 0. The van der Waals surface area contributed by atoms with Crippen LogP contribution in [0.15, 0.2) is 30.3 Å². The Kier molecular flexibility index (Phi) is 5.34. The molecule has 4 heteroatoms. The van der Waals surface area contributed by atoms with E-state index in [2.05, 4.69) is 59.7 Å². The Hall–Kier alpha value is -1.39. The van der Waals surface area contributed by atoms with Gasteiger partial charge in [-0.05, 0) is 50.4 Å². The molecule has 0 aromatic heterocycles. The molecule has 3 unspecified atom stereocenters. The minimum Gasteiger partial charge on any atom is -0.353 e. The number of nitrogens with zero attached hydrogens (tertiary/aromatic N) is 1. The van der Waals surface area contributed by atoms with Gasteiger partial charge in [0, 0.05) is 25.0 Å². The Bertz CT molecular complexity index is 515. The van der Waals surface area contributed by atoms with Gasteiger partial charge in [0.25, 0.3) is 0 Å². The third-order valence-electron chi connectivity index (χ3n) is 5.57. The maximum Gasteiger partial charge on any atom is 0.223 e. The van der Waals surface area contributed by atoms with Gasteiger partial charge in [0.2, 0.25) is 5.91 Å². The number of hydrogen-bond acceptors (Lipinski definition) is 3. The third kappa shape index (κ3) is 4.12. The first-order valence-corrected chi connectivity index (χ1v) is 8.91. The van der Waals surface area contributed by atoms with Crippen LogP contribution in [0.25, 0.3) is 0 Å². The summed E-state index contributed by atoms with van der Waals surface area (Å²) in [6.45, 7) is 9.42. The van der Waals surface area contributed by atoms with E-state index in [1.165, 1.54) is 12.0 Å². The Morgan fingerprint density at radius 3 is 2.65 bits per heavy atom. The van der Waals surface area contributed by atoms with Gasteiger partial charge in [-0.25, -0.2) is 0 Å². The van der Waals surface area contributed by atoms with Crippen molar-refractivity contribution in [2.45, 2.75) is 32.9 Å². The first-order chi connectivity index (χ1) is 11.1. The highest BCUT2D eigenvalue weighted by atomic mass is 16.1. The molecule has 1 amide bonds. The lowest BCUT2D eigenvalue weighted by Crippen LogP contribution is -2.51. The van der Waals surface area contributed by atoms with E-state index in [4.69, 9.17) is 0 Å². The predicted molar refractivity (Wildman–Crippen MR) is 93.0 cm³/mol. The average Bonchev–Trinajstić information content (AvgIpc) is 2.95. The zero-order chi connectivity index (χ0) is 16.2. The molecular formula is C19H29N3O. The van der Waals surface area contributed by atoms with E-state index in [0.29, 0.717) is 11.8 Å². The second kappa shape index (κ2) is 7.45. The molecule has 0 aliphatic carbocycles. The Morgan fingerprint density at radius 2 is 2.00 bits per heavy atom. The zero-order valence-corrected chi connectivity index (χ0v) is 14.3. The molecule has 1 aromatic carbocycles. The van der Waals surface area contributed by atoms with Gasteiger partial charge < -0.3 is 10.6 Å². The summed E-state index contributed by atoms with van der Waals surface area (Å²) in [6.07, 6.45) is 1.17. The molecule has 2 heterocycles. The Balaban J connectivity index is 1.45. The monoisotopic (exact) mass is 315 g/mol. The molecule has 2 N–H and O–H groups in total. The molecule has 126 valence electrons. The molecule has 0 saturated carbocycles. The Morgan fingerprint density at radius 1 is 1.26 bits per heavy atom. The fraction of sp³-hybridized carbons (Fsp3) is 0.632. The first-order valence-electron chi connectivity index (χ1n) is 8.91. The van der Waals surface area contributed by atoms with Gasteiger partial charge in [-0.2, -0.15) is 0 Å². The SMILES string of the molecule is CC(NC(=O)C(C)C1CNC1)C1CCN(Cc2ccccc2)C1.